The van der Waals surface area contributed by atoms with Crippen molar-refractivity contribution in [1.29, 1.82) is 0 Å². The molecule has 0 bridgehead atoms. The first-order chi connectivity index (χ1) is 6.74. The van der Waals surface area contributed by atoms with Gasteiger partial charge < -0.3 is 9.47 Å². The van der Waals surface area contributed by atoms with E-state index in [1.165, 1.54) is 0 Å². The highest BCUT2D eigenvalue weighted by molar-refractivity contribution is 5.89. The molecule has 0 saturated carbocycles. The monoisotopic (exact) mass is 194 g/mol. The number of cyclic esters (lactones) is 1. The van der Waals surface area contributed by atoms with Crippen LogP contribution in [0.2, 0.25) is 0 Å². The largest absolute Gasteiger partial charge is 0.497 e. The van der Waals surface area contributed by atoms with Crippen LogP contribution in [0.15, 0.2) is 24.5 Å². The number of hydrogen-bond donors (Lipinski definition) is 0. The van der Waals surface area contributed by atoms with Crippen molar-refractivity contribution in [2.24, 2.45) is 11.8 Å². The summed E-state index contributed by atoms with van der Waals surface area (Å²) in [7, 11) is 0. The van der Waals surface area contributed by atoms with E-state index in [2.05, 4.69) is 6.58 Å². The Labute approximate surface area is 83.4 Å². The maximum atomic E-state index is 11.4. The van der Waals surface area contributed by atoms with Crippen molar-refractivity contribution in [3.63, 3.8) is 0 Å². The number of carbonyl (C=O) groups is 1. The number of carbonyl (C=O) groups excluding carboxylic acids is 1. The van der Waals surface area contributed by atoms with Gasteiger partial charge in [0.2, 0.25) is 0 Å². The second-order valence-electron chi connectivity index (χ2n) is 3.76. The van der Waals surface area contributed by atoms with Gasteiger partial charge in [-0.25, -0.2) is 4.79 Å². The van der Waals surface area contributed by atoms with Gasteiger partial charge in [0.25, 0.3) is 0 Å². The summed E-state index contributed by atoms with van der Waals surface area (Å²) >= 11 is 0. The van der Waals surface area contributed by atoms with Crippen molar-refractivity contribution >= 4 is 5.97 Å². The van der Waals surface area contributed by atoms with E-state index >= 15 is 0 Å². The molecule has 2 heterocycles. The van der Waals surface area contributed by atoms with Crippen LogP contribution in [-0.4, -0.2) is 18.7 Å². The first-order valence-corrected chi connectivity index (χ1v) is 4.89. The molecule has 0 aromatic rings. The van der Waals surface area contributed by atoms with Crippen LogP contribution < -0.4 is 0 Å². The molecule has 14 heavy (non-hydrogen) atoms. The molecule has 0 aromatic heterocycles. The Morgan fingerprint density at radius 3 is 3.14 bits per heavy atom. The van der Waals surface area contributed by atoms with Crippen molar-refractivity contribution in [1.82, 2.24) is 0 Å². The smallest absolute Gasteiger partial charge is 0.337 e. The first kappa shape index (κ1) is 9.31. The minimum atomic E-state index is -0.236. The molecule has 2 rings (SSSR count). The van der Waals surface area contributed by atoms with Gasteiger partial charge in [-0.05, 0) is 13.3 Å². The zero-order valence-corrected chi connectivity index (χ0v) is 8.23. The molecule has 1 fully saturated rings. The quantitative estimate of drug-likeness (QED) is 0.470. The molecular formula is C11H14O3. The summed E-state index contributed by atoms with van der Waals surface area (Å²) in [5, 5.41) is 0. The SMILES string of the molecule is C=C[C@H]1[C@H](C)OC=C2C(=O)OCC[C@H]21. The first-order valence-electron chi connectivity index (χ1n) is 4.89. The fraction of sp³-hybridized carbons (Fsp3) is 0.545. The highest BCUT2D eigenvalue weighted by Gasteiger charge is 2.38. The Kier molecular flexibility index (Phi) is 2.32. The maximum absolute atomic E-state index is 11.4. The zero-order valence-electron chi connectivity index (χ0n) is 8.23. The fourth-order valence-electron chi connectivity index (χ4n) is 2.16. The van der Waals surface area contributed by atoms with E-state index in [4.69, 9.17) is 9.47 Å². The van der Waals surface area contributed by atoms with E-state index in [9.17, 15) is 4.79 Å². The Morgan fingerprint density at radius 2 is 2.43 bits per heavy atom. The van der Waals surface area contributed by atoms with Crippen LogP contribution in [0, 0.1) is 11.8 Å². The number of fused-ring (bicyclic) bond motifs is 1. The third-order valence-corrected chi connectivity index (χ3v) is 2.99. The molecule has 0 unspecified atom stereocenters. The Hall–Kier alpha value is -1.25. The number of ether oxygens (including phenoxy) is 2. The average molecular weight is 194 g/mol. The van der Waals surface area contributed by atoms with Crippen LogP contribution in [-0.2, 0) is 14.3 Å². The van der Waals surface area contributed by atoms with Crippen LogP contribution in [0.5, 0.6) is 0 Å². The Balaban J connectivity index is 2.29. The molecule has 0 aromatic carbocycles. The average Bonchev–Trinajstić information content (AvgIpc) is 2.18. The molecular weight excluding hydrogens is 180 g/mol. The number of esters is 1. The molecule has 76 valence electrons. The van der Waals surface area contributed by atoms with E-state index in [-0.39, 0.29) is 23.9 Å². The molecule has 1 saturated heterocycles. The maximum Gasteiger partial charge on any atom is 0.337 e. The molecule has 3 atom stereocenters. The Bertz CT molecular complexity index is 293. The number of rotatable bonds is 1. The van der Waals surface area contributed by atoms with Gasteiger partial charge in [-0.3, -0.25) is 0 Å². The molecule has 3 nitrogen and oxygen atoms in total. The lowest BCUT2D eigenvalue weighted by Gasteiger charge is -2.36. The lowest BCUT2D eigenvalue weighted by Crippen LogP contribution is -2.37. The summed E-state index contributed by atoms with van der Waals surface area (Å²) < 4.78 is 10.3. The minimum Gasteiger partial charge on any atom is -0.497 e. The van der Waals surface area contributed by atoms with Crippen molar-refractivity contribution in [2.45, 2.75) is 19.4 Å². The fourth-order valence-corrected chi connectivity index (χ4v) is 2.16. The van der Waals surface area contributed by atoms with E-state index in [1.54, 1.807) is 6.26 Å². The second-order valence-corrected chi connectivity index (χ2v) is 3.76. The summed E-state index contributed by atoms with van der Waals surface area (Å²) in [6.07, 6.45) is 4.41. The van der Waals surface area contributed by atoms with Crippen LogP contribution in [0.3, 0.4) is 0 Å². The highest BCUT2D eigenvalue weighted by Crippen LogP contribution is 2.36. The van der Waals surface area contributed by atoms with Crippen LogP contribution in [0.25, 0.3) is 0 Å². The summed E-state index contributed by atoms with van der Waals surface area (Å²) in [6.45, 7) is 6.30. The van der Waals surface area contributed by atoms with E-state index in [0.29, 0.717) is 12.2 Å². The Morgan fingerprint density at radius 1 is 1.64 bits per heavy atom. The lowest BCUT2D eigenvalue weighted by atomic mass is 9.78. The standard InChI is InChI=1S/C11H14O3/c1-3-8-7(2)14-6-10-9(8)4-5-13-11(10)12/h3,6-9H,1,4-5H2,2H3/t7-,8-,9-/m0/s1. The van der Waals surface area contributed by atoms with Crippen LogP contribution in [0.4, 0.5) is 0 Å². The summed E-state index contributed by atoms with van der Waals surface area (Å²) in [5.41, 5.74) is 0.666. The third-order valence-electron chi connectivity index (χ3n) is 2.99. The summed E-state index contributed by atoms with van der Waals surface area (Å²) in [6, 6.07) is 0. The zero-order chi connectivity index (χ0) is 10.1. The lowest BCUT2D eigenvalue weighted by molar-refractivity contribution is -0.144. The van der Waals surface area contributed by atoms with Crippen molar-refractivity contribution in [2.75, 3.05) is 6.61 Å². The molecule has 3 heteroatoms. The van der Waals surface area contributed by atoms with Gasteiger partial charge in [0.05, 0.1) is 18.4 Å². The second kappa shape index (κ2) is 3.48. The van der Waals surface area contributed by atoms with Gasteiger partial charge >= 0.3 is 5.97 Å². The molecule has 0 N–H and O–H groups in total. The van der Waals surface area contributed by atoms with Gasteiger partial charge in [0.1, 0.15) is 6.10 Å². The number of hydrogen-bond acceptors (Lipinski definition) is 3. The predicted molar refractivity (Wildman–Crippen MR) is 51.4 cm³/mol. The van der Waals surface area contributed by atoms with Crippen LogP contribution >= 0.6 is 0 Å². The van der Waals surface area contributed by atoms with E-state index in [1.807, 2.05) is 13.0 Å². The molecule has 2 aliphatic heterocycles. The van der Waals surface area contributed by atoms with Crippen molar-refractivity contribution < 1.29 is 14.3 Å². The van der Waals surface area contributed by atoms with Crippen molar-refractivity contribution in [3.05, 3.63) is 24.5 Å². The minimum absolute atomic E-state index is 0.104. The third kappa shape index (κ3) is 1.33. The van der Waals surface area contributed by atoms with Gasteiger partial charge in [-0.1, -0.05) is 6.08 Å². The normalized spacial score (nSPS) is 36.2. The molecule has 2 aliphatic rings. The van der Waals surface area contributed by atoms with E-state index in [0.717, 1.165) is 6.42 Å². The van der Waals surface area contributed by atoms with Crippen molar-refractivity contribution in [3.8, 4) is 0 Å². The molecule has 0 radical (unpaired) electrons. The summed E-state index contributed by atoms with van der Waals surface area (Å²) in [5.74, 6) is 0.223. The van der Waals surface area contributed by atoms with Gasteiger partial charge in [-0.2, -0.15) is 0 Å². The van der Waals surface area contributed by atoms with Gasteiger partial charge in [-0.15, -0.1) is 6.58 Å². The predicted octanol–water partition coefficient (Wildman–Crippen LogP) is 1.65. The summed E-state index contributed by atoms with van der Waals surface area (Å²) in [4.78, 5) is 11.4. The topological polar surface area (TPSA) is 35.5 Å². The van der Waals surface area contributed by atoms with E-state index < -0.39 is 0 Å². The van der Waals surface area contributed by atoms with Gasteiger partial charge in [0.15, 0.2) is 0 Å². The molecule has 0 spiro atoms. The van der Waals surface area contributed by atoms with Gasteiger partial charge in [0, 0.05) is 11.8 Å². The molecule has 0 amide bonds. The highest BCUT2D eigenvalue weighted by atomic mass is 16.5. The van der Waals surface area contributed by atoms with Crippen LogP contribution in [0.1, 0.15) is 13.3 Å². The molecule has 0 aliphatic carbocycles.